The molecule has 3 nitrogen and oxygen atoms in total. The summed E-state index contributed by atoms with van der Waals surface area (Å²) in [6.45, 7) is 0.903. The van der Waals surface area contributed by atoms with Crippen LogP contribution in [-0.2, 0) is 0 Å². The van der Waals surface area contributed by atoms with Crippen molar-refractivity contribution in [1.82, 2.24) is 0 Å². The number of benzene rings is 2. The summed E-state index contributed by atoms with van der Waals surface area (Å²) < 4.78 is 10.8. The standard InChI is InChI=1S/C15H15Cl2NO2.ClH/c1-19-15-9-11(3-5-14(15)20-7-6-18)10-2-4-12(16)13(17)8-10;/h2-5,8-9H,6-7,18H2,1H3;1H. The second-order valence-electron chi connectivity index (χ2n) is 4.13. The molecule has 114 valence electrons. The predicted octanol–water partition coefficient (Wildman–Crippen LogP) is 4.43. The summed E-state index contributed by atoms with van der Waals surface area (Å²) in [4.78, 5) is 0. The van der Waals surface area contributed by atoms with Gasteiger partial charge in [-0.25, -0.2) is 0 Å². The van der Waals surface area contributed by atoms with Crippen molar-refractivity contribution in [3.63, 3.8) is 0 Å². The zero-order valence-corrected chi connectivity index (χ0v) is 13.8. The molecule has 0 heterocycles. The minimum absolute atomic E-state index is 0. The Bertz CT molecular complexity index is 605. The molecule has 0 saturated heterocycles. The Labute approximate surface area is 140 Å². The molecule has 0 aliphatic rings. The Balaban J connectivity index is 0.00000220. The fraction of sp³-hybridized carbons (Fsp3) is 0.200. The lowest BCUT2D eigenvalue weighted by Crippen LogP contribution is -2.11. The van der Waals surface area contributed by atoms with Gasteiger partial charge in [0.15, 0.2) is 11.5 Å². The van der Waals surface area contributed by atoms with E-state index in [1.165, 1.54) is 0 Å². The summed E-state index contributed by atoms with van der Waals surface area (Å²) >= 11 is 12.0. The smallest absolute Gasteiger partial charge is 0.161 e. The number of halogens is 3. The molecular formula is C15H16Cl3NO2. The Morgan fingerprint density at radius 2 is 1.62 bits per heavy atom. The molecule has 0 aliphatic heterocycles. The van der Waals surface area contributed by atoms with Crippen LogP contribution in [0.1, 0.15) is 0 Å². The first-order valence-electron chi connectivity index (χ1n) is 6.12. The van der Waals surface area contributed by atoms with Gasteiger partial charge in [-0.2, -0.15) is 0 Å². The molecule has 2 N–H and O–H groups in total. The van der Waals surface area contributed by atoms with Gasteiger partial charge in [0.2, 0.25) is 0 Å². The lowest BCUT2D eigenvalue weighted by Gasteiger charge is -2.12. The molecule has 0 spiro atoms. The third kappa shape index (κ3) is 4.42. The zero-order valence-electron chi connectivity index (χ0n) is 11.4. The van der Waals surface area contributed by atoms with Gasteiger partial charge in [-0.1, -0.05) is 35.3 Å². The van der Waals surface area contributed by atoms with Crippen molar-refractivity contribution >= 4 is 35.6 Å². The Morgan fingerprint density at radius 3 is 2.24 bits per heavy atom. The highest BCUT2D eigenvalue weighted by Gasteiger charge is 2.08. The highest BCUT2D eigenvalue weighted by atomic mass is 35.5. The number of hydrogen-bond acceptors (Lipinski definition) is 3. The largest absolute Gasteiger partial charge is 0.493 e. The maximum atomic E-state index is 6.04. The molecule has 0 aromatic heterocycles. The van der Waals surface area contributed by atoms with Crippen LogP contribution in [0.5, 0.6) is 11.5 Å². The van der Waals surface area contributed by atoms with Crippen LogP contribution in [0.3, 0.4) is 0 Å². The van der Waals surface area contributed by atoms with Gasteiger partial charge in [-0.15, -0.1) is 12.4 Å². The molecule has 0 bridgehead atoms. The number of methoxy groups -OCH3 is 1. The minimum Gasteiger partial charge on any atom is -0.493 e. The van der Waals surface area contributed by atoms with E-state index in [1.54, 1.807) is 13.2 Å². The van der Waals surface area contributed by atoms with Gasteiger partial charge in [0.25, 0.3) is 0 Å². The molecule has 2 rings (SSSR count). The van der Waals surface area contributed by atoms with Crippen LogP contribution in [0.15, 0.2) is 36.4 Å². The number of nitrogens with two attached hydrogens (primary N) is 1. The molecule has 21 heavy (non-hydrogen) atoms. The average Bonchev–Trinajstić information content (AvgIpc) is 2.47. The second-order valence-corrected chi connectivity index (χ2v) is 4.95. The quantitative estimate of drug-likeness (QED) is 0.869. The lowest BCUT2D eigenvalue weighted by atomic mass is 10.1. The van der Waals surface area contributed by atoms with Crippen LogP contribution in [0.4, 0.5) is 0 Å². The average molecular weight is 349 g/mol. The van der Waals surface area contributed by atoms with E-state index in [0.717, 1.165) is 11.1 Å². The van der Waals surface area contributed by atoms with Crippen molar-refractivity contribution in [3.8, 4) is 22.6 Å². The van der Waals surface area contributed by atoms with E-state index >= 15 is 0 Å². The van der Waals surface area contributed by atoms with Crippen LogP contribution >= 0.6 is 35.6 Å². The van der Waals surface area contributed by atoms with Crippen LogP contribution in [0.25, 0.3) is 11.1 Å². The highest BCUT2D eigenvalue weighted by molar-refractivity contribution is 6.42. The maximum absolute atomic E-state index is 6.04. The van der Waals surface area contributed by atoms with Gasteiger partial charge in [0.05, 0.1) is 17.2 Å². The molecule has 0 atom stereocenters. The lowest BCUT2D eigenvalue weighted by molar-refractivity contribution is 0.302. The summed E-state index contributed by atoms with van der Waals surface area (Å²) in [5.41, 5.74) is 7.36. The van der Waals surface area contributed by atoms with Crippen LogP contribution in [-0.4, -0.2) is 20.3 Å². The first-order chi connectivity index (χ1) is 9.65. The van der Waals surface area contributed by atoms with Gasteiger partial charge in [0, 0.05) is 6.54 Å². The monoisotopic (exact) mass is 347 g/mol. The molecule has 6 heteroatoms. The topological polar surface area (TPSA) is 44.5 Å². The Kier molecular flexibility index (Phi) is 7.12. The summed E-state index contributed by atoms with van der Waals surface area (Å²) in [6.07, 6.45) is 0. The van der Waals surface area contributed by atoms with E-state index < -0.39 is 0 Å². The second kappa shape index (κ2) is 8.35. The van der Waals surface area contributed by atoms with Crippen molar-refractivity contribution in [2.45, 2.75) is 0 Å². The molecule has 0 unspecified atom stereocenters. The van der Waals surface area contributed by atoms with Crippen LogP contribution in [0.2, 0.25) is 10.0 Å². The van der Waals surface area contributed by atoms with Gasteiger partial charge >= 0.3 is 0 Å². The predicted molar refractivity (Wildman–Crippen MR) is 90.2 cm³/mol. The Morgan fingerprint density at radius 1 is 0.952 bits per heavy atom. The SMILES string of the molecule is COc1cc(-c2ccc(Cl)c(Cl)c2)ccc1OCCN.Cl. The molecule has 2 aromatic rings. The Hall–Kier alpha value is -1.13. The third-order valence-electron chi connectivity index (χ3n) is 2.79. The summed E-state index contributed by atoms with van der Waals surface area (Å²) in [6, 6.07) is 11.2. The fourth-order valence-corrected chi connectivity index (χ4v) is 2.11. The normalized spacial score (nSPS) is 9.90. The van der Waals surface area contributed by atoms with E-state index in [-0.39, 0.29) is 12.4 Å². The molecule has 2 aromatic carbocycles. The summed E-state index contributed by atoms with van der Waals surface area (Å²) in [7, 11) is 1.60. The van der Waals surface area contributed by atoms with Gasteiger partial charge < -0.3 is 15.2 Å². The molecule has 0 aliphatic carbocycles. The first kappa shape index (κ1) is 17.9. The van der Waals surface area contributed by atoms with Crippen LogP contribution < -0.4 is 15.2 Å². The van der Waals surface area contributed by atoms with E-state index in [4.69, 9.17) is 38.4 Å². The molecular weight excluding hydrogens is 333 g/mol. The zero-order chi connectivity index (χ0) is 14.5. The minimum atomic E-state index is 0. The van der Waals surface area contributed by atoms with E-state index in [2.05, 4.69) is 0 Å². The number of rotatable bonds is 5. The third-order valence-corrected chi connectivity index (χ3v) is 3.53. The van der Waals surface area contributed by atoms with Crippen molar-refractivity contribution < 1.29 is 9.47 Å². The van der Waals surface area contributed by atoms with Crippen molar-refractivity contribution in [3.05, 3.63) is 46.4 Å². The molecule has 0 fully saturated rings. The molecule has 0 amide bonds. The summed E-state index contributed by atoms with van der Waals surface area (Å²) in [5, 5.41) is 1.05. The highest BCUT2D eigenvalue weighted by Crippen LogP contribution is 2.34. The van der Waals surface area contributed by atoms with E-state index in [1.807, 2.05) is 30.3 Å². The van der Waals surface area contributed by atoms with E-state index in [0.29, 0.717) is 34.7 Å². The first-order valence-corrected chi connectivity index (χ1v) is 6.87. The van der Waals surface area contributed by atoms with Crippen molar-refractivity contribution in [2.75, 3.05) is 20.3 Å². The van der Waals surface area contributed by atoms with Crippen molar-refractivity contribution in [2.24, 2.45) is 5.73 Å². The summed E-state index contributed by atoms with van der Waals surface area (Å²) in [5.74, 6) is 1.32. The van der Waals surface area contributed by atoms with Gasteiger partial charge in [-0.05, 0) is 35.4 Å². The van der Waals surface area contributed by atoms with Crippen molar-refractivity contribution in [1.29, 1.82) is 0 Å². The molecule has 0 radical (unpaired) electrons. The number of ether oxygens (including phenoxy) is 2. The van der Waals surface area contributed by atoms with E-state index in [9.17, 15) is 0 Å². The fourth-order valence-electron chi connectivity index (χ4n) is 1.81. The maximum Gasteiger partial charge on any atom is 0.161 e. The number of hydrogen-bond donors (Lipinski definition) is 1. The van der Waals surface area contributed by atoms with Gasteiger partial charge in [-0.3, -0.25) is 0 Å². The van der Waals surface area contributed by atoms with Gasteiger partial charge in [0.1, 0.15) is 6.61 Å². The van der Waals surface area contributed by atoms with Crippen LogP contribution in [0, 0.1) is 0 Å². The molecule has 0 saturated carbocycles.